The minimum Gasteiger partial charge on any atom is -0.309 e. The van der Waals surface area contributed by atoms with Gasteiger partial charge in [0, 0.05) is 16.5 Å². The van der Waals surface area contributed by atoms with Crippen molar-refractivity contribution >= 4 is 54.1 Å². The first-order valence-corrected chi connectivity index (χ1v) is 14.6. The highest BCUT2D eigenvalue weighted by Crippen LogP contribution is 2.42. The molecule has 9 aromatic rings. The van der Waals surface area contributed by atoms with Crippen molar-refractivity contribution in [1.29, 1.82) is 0 Å². The van der Waals surface area contributed by atoms with Gasteiger partial charge in [-0.25, -0.2) is 0 Å². The van der Waals surface area contributed by atoms with Gasteiger partial charge in [-0.1, -0.05) is 121 Å². The highest BCUT2D eigenvalue weighted by Gasteiger charge is 2.16. The van der Waals surface area contributed by atoms with Gasteiger partial charge in [-0.05, 0) is 91.3 Å². The molecular weight excluding hydrogens is 506 g/mol. The molecule has 42 heavy (non-hydrogen) atoms. The van der Waals surface area contributed by atoms with Gasteiger partial charge in [-0.2, -0.15) is 0 Å². The second-order valence-electron chi connectivity index (χ2n) is 11.4. The van der Waals surface area contributed by atoms with Gasteiger partial charge in [0.15, 0.2) is 0 Å². The second-order valence-corrected chi connectivity index (χ2v) is 11.4. The Labute approximate surface area is 244 Å². The summed E-state index contributed by atoms with van der Waals surface area (Å²) in [4.78, 5) is 0. The largest absolute Gasteiger partial charge is 0.309 e. The molecule has 0 radical (unpaired) electrons. The van der Waals surface area contributed by atoms with Crippen molar-refractivity contribution in [1.82, 2.24) is 4.57 Å². The van der Waals surface area contributed by atoms with Gasteiger partial charge in [-0.3, -0.25) is 0 Å². The van der Waals surface area contributed by atoms with Crippen molar-refractivity contribution < 1.29 is 0 Å². The quantitative estimate of drug-likeness (QED) is 0.199. The van der Waals surface area contributed by atoms with E-state index < -0.39 is 0 Å². The van der Waals surface area contributed by atoms with Crippen molar-refractivity contribution in [2.75, 3.05) is 0 Å². The fourth-order valence-electron chi connectivity index (χ4n) is 7.07. The minimum atomic E-state index is 1.18. The summed E-state index contributed by atoms with van der Waals surface area (Å²) in [5.74, 6) is 0. The van der Waals surface area contributed by atoms with E-state index >= 15 is 0 Å². The fourth-order valence-corrected chi connectivity index (χ4v) is 7.07. The summed E-state index contributed by atoms with van der Waals surface area (Å²) in [6.45, 7) is 2.17. The monoisotopic (exact) mass is 533 g/mol. The number of para-hydroxylation sites is 1. The molecule has 0 amide bonds. The van der Waals surface area contributed by atoms with E-state index in [9.17, 15) is 0 Å². The summed E-state index contributed by atoms with van der Waals surface area (Å²) >= 11 is 0. The summed E-state index contributed by atoms with van der Waals surface area (Å²) in [6, 6.07) is 53.6. The zero-order valence-electron chi connectivity index (χ0n) is 23.3. The van der Waals surface area contributed by atoms with Crippen molar-refractivity contribution in [2.45, 2.75) is 6.92 Å². The first kappa shape index (κ1) is 23.3. The molecule has 196 valence electrons. The maximum absolute atomic E-state index is 2.40. The molecule has 1 aromatic heterocycles. The van der Waals surface area contributed by atoms with Crippen molar-refractivity contribution in [3.63, 3.8) is 0 Å². The van der Waals surface area contributed by atoms with Crippen LogP contribution in [-0.4, -0.2) is 4.57 Å². The SMILES string of the molecule is Cc1ccc2c3ccccc3n(-c3ccc(-c4ccc5ccc6c(-c7ccccc7)ccc7ccc4c5c76)cc3)c2c1. The number of hydrogen-bond acceptors (Lipinski definition) is 0. The average molecular weight is 534 g/mol. The van der Waals surface area contributed by atoms with E-state index in [4.69, 9.17) is 0 Å². The number of aromatic nitrogens is 1. The zero-order chi connectivity index (χ0) is 27.8. The number of benzene rings is 8. The van der Waals surface area contributed by atoms with Crippen LogP contribution in [0, 0.1) is 6.92 Å². The molecule has 0 saturated carbocycles. The lowest BCUT2D eigenvalue weighted by atomic mass is 9.87. The van der Waals surface area contributed by atoms with E-state index in [1.54, 1.807) is 0 Å². The summed E-state index contributed by atoms with van der Waals surface area (Å²) in [7, 11) is 0. The molecule has 0 atom stereocenters. The Morgan fingerprint density at radius 2 is 0.952 bits per heavy atom. The van der Waals surface area contributed by atoms with Crippen LogP contribution >= 0.6 is 0 Å². The molecule has 0 aliphatic carbocycles. The summed E-state index contributed by atoms with van der Waals surface area (Å²) in [6.07, 6.45) is 0. The summed E-state index contributed by atoms with van der Waals surface area (Å²) in [5.41, 5.74) is 9.99. The molecule has 0 unspecified atom stereocenters. The molecule has 1 heterocycles. The third-order valence-corrected chi connectivity index (χ3v) is 9.02. The Morgan fingerprint density at radius 1 is 0.405 bits per heavy atom. The second kappa shape index (κ2) is 8.80. The maximum Gasteiger partial charge on any atom is 0.0543 e. The van der Waals surface area contributed by atoms with E-state index in [2.05, 4.69) is 157 Å². The molecule has 8 aromatic carbocycles. The van der Waals surface area contributed by atoms with Gasteiger partial charge in [0.1, 0.15) is 0 Å². The molecule has 0 bridgehead atoms. The molecule has 0 spiro atoms. The predicted octanol–water partition coefficient (Wildman–Crippen LogP) is 11.3. The lowest BCUT2D eigenvalue weighted by Crippen LogP contribution is -1.94. The minimum absolute atomic E-state index is 1.18. The Morgan fingerprint density at radius 3 is 1.64 bits per heavy atom. The molecule has 0 fully saturated rings. The van der Waals surface area contributed by atoms with Gasteiger partial charge in [0.05, 0.1) is 11.0 Å². The Kier molecular flexibility index (Phi) is 4.88. The van der Waals surface area contributed by atoms with Crippen molar-refractivity contribution in [2.24, 2.45) is 0 Å². The summed E-state index contributed by atoms with van der Waals surface area (Å²) in [5, 5.41) is 10.5. The lowest BCUT2D eigenvalue weighted by molar-refractivity contribution is 1.18. The standard InChI is InChI=1S/C41H27N/c1-26-11-20-35-34-9-5-6-10-38(34)42(39(35)25-26)31-18-12-28(13-19-31)33-22-15-30-16-23-36-32(27-7-3-2-4-8-27)21-14-29-17-24-37(33)41(30)40(29)36/h2-25H,1H3. The van der Waals surface area contributed by atoms with E-state index in [0.29, 0.717) is 0 Å². The number of aryl methyl sites for hydroxylation is 1. The summed E-state index contributed by atoms with van der Waals surface area (Å²) < 4.78 is 2.40. The molecular formula is C41H27N. The Balaban J connectivity index is 1.24. The van der Waals surface area contributed by atoms with Crippen LogP contribution in [0.25, 0.3) is 82.1 Å². The first-order valence-electron chi connectivity index (χ1n) is 14.6. The van der Waals surface area contributed by atoms with Gasteiger partial charge >= 0.3 is 0 Å². The van der Waals surface area contributed by atoms with Crippen molar-refractivity contribution in [3.8, 4) is 27.9 Å². The van der Waals surface area contributed by atoms with Crippen LogP contribution in [0.5, 0.6) is 0 Å². The number of nitrogens with zero attached hydrogens (tertiary/aromatic N) is 1. The molecule has 9 rings (SSSR count). The van der Waals surface area contributed by atoms with E-state index in [1.807, 2.05) is 0 Å². The molecule has 0 saturated heterocycles. The number of rotatable bonds is 3. The van der Waals surface area contributed by atoms with Crippen LogP contribution in [0.3, 0.4) is 0 Å². The van der Waals surface area contributed by atoms with E-state index in [1.165, 1.54) is 87.6 Å². The molecule has 0 N–H and O–H groups in total. The molecule has 1 heteroatoms. The number of hydrogen-bond donors (Lipinski definition) is 0. The zero-order valence-corrected chi connectivity index (χ0v) is 23.3. The number of fused-ring (bicyclic) bond motifs is 3. The highest BCUT2D eigenvalue weighted by atomic mass is 15.0. The van der Waals surface area contributed by atoms with Gasteiger partial charge in [-0.15, -0.1) is 0 Å². The maximum atomic E-state index is 2.40. The smallest absolute Gasteiger partial charge is 0.0543 e. The van der Waals surface area contributed by atoms with Crippen LogP contribution in [0.2, 0.25) is 0 Å². The van der Waals surface area contributed by atoms with Crippen LogP contribution in [0.1, 0.15) is 5.56 Å². The predicted molar refractivity (Wildman–Crippen MR) is 180 cm³/mol. The van der Waals surface area contributed by atoms with Crippen LogP contribution in [0.15, 0.2) is 146 Å². The Bertz CT molecular complexity index is 2440. The third-order valence-electron chi connectivity index (χ3n) is 9.02. The van der Waals surface area contributed by atoms with Crippen molar-refractivity contribution in [3.05, 3.63) is 151 Å². The van der Waals surface area contributed by atoms with Gasteiger partial charge in [0.25, 0.3) is 0 Å². The first-order chi connectivity index (χ1) is 20.7. The van der Waals surface area contributed by atoms with Gasteiger partial charge < -0.3 is 4.57 Å². The fraction of sp³-hybridized carbons (Fsp3) is 0.0244. The van der Waals surface area contributed by atoms with Gasteiger partial charge in [0.2, 0.25) is 0 Å². The average Bonchev–Trinajstić information content (AvgIpc) is 3.37. The van der Waals surface area contributed by atoms with Crippen LogP contribution in [0.4, 0.5) is 0 Å². The molecule has 0 aliphatic heterocycles. The van der Waals surface area contributed by atoms with E-state index in [-0.39, 0.29) is 0 Å². The topological polar surface area (TPSA) is 4.93 Å². The normalized spacial score (nSPS) is 11.9. The highest BCUT2D eigenvalue weighted by molar-refractivity contribution is 6.27. The third kappa shape index (κ3) is 3.31. The molecule has 0 aliphatic rings. The molecule has 1 nitrogen and oxygen atoms in total. The van der Waals surface area contributed by atoms with Crippen LogP contribution in [-0.2, 0) is 0 Å². The van der Waals surface area contributed by atoms with E-state index in [0.717, 1.165) is 0 Å². The Hall–Kier alpha value is -5.40. The van der Waals surface area contributed by atoms with Crippen LogP contribution < -0.4 is 0 Å². The lowest BCUT2D eigenvalue weighted by Gasteiger charge is -2.17.